The maximum Gasteiger partial charge on any atom is 0.322 e. The van der Waals surface area contributed by atoms with E-state index in [0.29, 0.717) is 11.4 Å². The number of benzene rings is 1. The van der Waals surface area contributed by atoms with Gasteiger partial charge in [0, 0.05) is 23.5 Å². The highest BCUT2D eigenvalue weighted by atomic mass is 35.5. The largest absolute Gasteiger partial charge is 0.468 e. The number of aromatic amines is 1. The van der Waals surface area contributed by atoms with Crippen molar-refractivity contribution < 1.29 is 9.53 Å². The molecular formula is C12H13ClN2O2. The average molecular weight is 253 g/mol. The summed E-state index contributed by atoms with van der Waals surface area (Å²) in [5.74, 6) is -0.425. The molecule has 0 amide bonds. The van der Waals surface area contributed by atoms with E-state index < -0.39 is 12.0 Å². The van der Waals surface area contributed by atoms with Crippen LogP contribution in [-0.4, -0.2) is 24.1 Å². The molecule has 2 aromatic rings. The number of carbonyl (C=O) groups is 1. The average Bonchev–Trinajstić information content (AvgIpc) is 2.72. The first-order valence-corrected chi connectivity index (χ1v) is 5.59. The summed E-state index contributed by atoms with van der Waals surface area (Å²) in [4.78, 5) is 14.4. The van der Waals surface area contributed by atoms with Crippen molar-refractivity contribution in [1.29, 1.82) is 0 Å². The Morgan fingerprint density at radius 2 is 2.35 bits per heavy atom. The van der Waals surface area contributed by atoms with E-state index in [-0.39, 0.29) is 0 Å². The number of fused-ring (bicyclic) bond motifs is 1. The number of carbonyl (C=O) groups excluding carboxylic acids is 1. The van der Waals surface area contributed by atoms with Crippen LogP contribution in [0.3, 0.4) is 0 Å². The molecule has 5 heteroatoms. The number of rotatable bonds is 3. The highest BCUT2D eigenvalue weighted by Crippen LogP contribution is 2.27. The summed E-state index contributed by atoms with van der Waals surface area (Å²) >= 11 is 6.12. The second-order valence-electron chi connectivity index (χ2n) is 3.81. The summed E-state index contributed by atoms with van der Waals surface area (Å²) in [5.41, 5.74) is 7.58. The summed E-state index contributed by atoms with van der Waals surface area (Å²) in [6.07, 6.45) is 2.22. The van der Waals surface area contributed by atoms with Crippen LogP contribution >= 0.6 is 11.6 Å². The first-order valence-electron chi connectivity index (χ1n) is 5.21. The van der Waals surface area contributed by atoms with Gasteiger partial charge in [0.25, 0.3) is 0 Å². The second-order valence-corrected chi connectivity index (χ2v) is 4.22. The van der Waals surface area contributed by atoms with Gasteiger partial charge in [-0.3, -0.25) is 4.79 Å². The molecule has 4 nitrogen and oxygen atoms in total. The lowest BCUT2D eigenvalue weighted by molar-refractivity contribution is -0.142. The normalized spacial score (nSPS) is 12.6. The molecule has 0 radical (unpaired) electrons. The van der Waals surface area contributed by atoms with Gasteiger partial charge in [0.05, 0.1) is 12.1 Å². The van der Waals surface area contributed by atoms with Crippen LogP contribution in [0.2, 0.25) is 5.02 Å². The molecule has 0 saturated heterocycles. The molecule has 1 aromatic carbocycles. The molecule has 2 rings (SSSR count). The van der Waals surface area contributed by atoms with E-state index in [1.807, 2.05) is 24.4 Å². The molecule has 90 valence electrons. The zero-order chi connectivity index (χ0) is 12.4. The predicted molar refractivity (Wildman–Crippen MR) is 67.0 cm³/mol. The lowest BCUT2D eigenvalue weighted by Gasteiger charge is -2.08. The van der Waals surface area contributed by atoms with E-state index in [4.69, 9.17) is 17.3 Å². The van der Waals surface area contributed by atoms with Gasteiger partial charge >= 0.3 is 5.97 Å². The van der Waals surface area contributed by atoms with E-state index in [1.165, 1.54) is 7.11 Å². The van der Waals surface area contributed by atoms with Gasteiger partial charge in [0.2, 0.25) is 0 Å². The zero-order valence-electron chi connectivity index (χ0n) is 9.37. The van der Waals surface area contributed by atoms with Crippen molar-refractivity contribution in [2.75, 3.05) is 7.11 Å². The molecule has 17 heavy (non-hydrogen) atoms. The summed E-state index contributed by atoms with van der Waals surface area (Å²) < 4.78 is 4.60. The number of esters is 1. The third-order valence-electron chi connectivity index (χ3n) is 2.68. The highest BCUT2D eigenvalue weighted by molar-refractivity contribution is 6.35. The van der Waals surface area contributed by atoms with Gasteiger partial charge in [-0.15, -0.1) is 0 Å². The Hall–Kier alpha value is -1.52. The first kappa shape index (κ1) is 12.0. The molecule has 1 unspecified atom stereocenters. The first-order chi connectivity index (χ1) is 8.13. The van der Waals surface area contributed by atoms with E-state index in [9.17, 15) is 4.79 Å². The third-order valence-corrected chi connectivity index (χ3v) is 3.00. The van der Waals surface area contributed by atoms with Crippen molar-refractivity contribution in [3.8, 4) is 0 Å². The second kappa shape index (κ2) is 4.77. The van der Waals surface area contributed by atoms with Crippen LogP contribution in [0, 0.1) is 0 Å². The Kier molecular flexibility index (Phi) is 3.36. The van der Waals surface area contributed by atoms with Crippen molar-refractivity contribution in [1.82, 2.24) is 4.98 Å². The van der Waals surface area contributed by atoms with Gasteiger partial charge in [0.15, 0.2) is 0 Å². The number of hydrogen-bond acceptors (Lipinski definition) is 3. The minimum atomic E-state index is -0.671. The van der Waals surface area contributed by atoms with Crippen molar-refractivity contribution in [2.45, 2.75) is 12.5 Å². The molecule has 0 saturated carbocycles. The Morgan fingerprint density at radius 3 is 3.06 bits per heavy atom. The van der Waals surface area contributed by atoms with Crippen LogP contribution < -0.4 is 5.73 Å². The molecule has 0 aliphatic rings. The minimum absolute atomic E-state index is 0.399. The molecular weight excluding hydrogens is 240 g/mol. The van der Waals surface area contributed by atoms with E-state index in [2.05, 4.69) is 9.72 Å². The highest BCUT2D eigenvalue weighted by Gasteiger charge is 2.17. The topological polar surface area (TPSA) is 68.1 Å². The predicted octanol–water partition coefficient (Wildman–Crippen LogP) is 1.86. The van der Waals surface area contributed by atoms with Crippen LogP contribution in [-0.2, 0) is 16.0 Å². The van der Waals surface area contributed by atoms with Crippen LogP contribution in [0.25, 0.3) is 10.9 Å². The van der Waals surface area contributed by atoms with E-state index in [1.54, 1.807) is 0 Å². The lowest BCUT2D eigenvalue weighted by atomic mass is 10.1. The molecule has 1 aromatic heterocycles. The number of methoxy groups -OCH3 is 1. The summed E-state index contributed by atoms with van der Waals surface area (Å²) in [6, 6.07) is 4.93. The molecule has 0 fully saturated rings. The Bertz CT molecular complexity index is 550. The van der Waals surface area contributed by atoms with Crippen molar-refractivity contribution in [2.24, 2.45) is 5.73 Å². The maximum atomic E-state index is 11.3. The van der Waals surface area contributed by atoms with Crippen molar-refractivity contribution >= 4 is 28.5 Å². The third kappa shape index (κ3) is 2.28. The van der Waals surface area contributed by atoms with E-state index in [0.717, 1.165) is 16.5 Å². The number of aromatic nitrogens is 1. The number of H-pyrrole nitrogens is 1. The van der Waals surface area contributed by atoms with Crippen LogP contribution in [0.1, 0.15) is 5.56 Å². The number of nitrogens with one attached hydrogen (secondary N) is 1. The molecule has 1 atom stereocenters. The molecule has 0 spiro atoms. The standard InChI is InChI=1S/C12H13ClN2O2/c1-17-12(16)9(14)5-7-6-15-10-4-2-3-8(13)11(7)10/h2-4,6,9,15H,5,14H2,1H3. The van der Waals surface area contributed by atoms with Crippen molar-refractivity contribution in [3.63, 3.8) is 0 Å². The SMILES string of the molecule is COC(=O)C(N)Cc1c[nH]c2cccc(Cl)c12. The van der Waals surface area contributed by atoms with Crippen molar-refractivity contribution in [3.05, 3.63) is 35.0 Å². The fraction of sp³-hybridized carbons (Fsp3) is 0.250. The maximum absolute atomic E-state index is 11.3. The Balaban J connectivity index is 2.34. The zero-order valence-corrected chi connectivity index (χ0v) is 10.1. The number of halogens is 1. The molecule has 3 N–H and O–H groups in total. The van der Waals surface area contributed by atoms with Gasteiger partial charge < -0.3 is 15.5 Å². The van der Waals surface area contributed by atoms with Gasteiger partial charge in [-0.1, -0.05) is 17.7 Å². The molecule has 1 heterocycles. The number of nitrogens with two attached hydrogens (primary N) is 1. The van der Waals surface area contributed by atoms with Gasteiger partial charge in [-0.05, 0) is 17.7 Å². The molecule has 0 aliphatic heterocycles. The smallest absolute Gasteiger partial charge is 0.322 e. The van der Waals surface area contributed by atoms with E-state index >= 15 is 0 Å². The Labute approximate surface area is 104 Å². The molecule has 0 aliphatic carbocycles. The quantitative estimate of drug-likeness (QED) is 0.820. The van der Waals surface area contributed by atoms with Gasteiger partial charge in [-0.2, -0.15) is 0 Å². The lowest BCUT2D eigenvalue weighted by Crippen LogP contribution is -2.33. The van der Waals surface area contributed by atoms with Crippen LogP contribution in [0.4, 0.5) is 0 Å². The fourth-order valence-corrected chi connectivity index (χ4v) is 2.14. The summed E-state index contributed by atoms with van der Waals surface area (Å²) in [6.45, 7) is 0. The van der Waals surface area contributed by atoms with Crippen LogP contribution in [0.5, 0.6) is 0 Å². The number of hydrogen-bond donors (Lipinski definition) is 2. The molecule has 0 bridgehead atoms. The number of ether oxygens (including phenoxy) is 1. The monoisotopic (exact) mass is 252 g/mol. The van der Waals surface area contributed by atoms with Gasteiger partial charge in [0.1, 0.15) is 6.04 Å². The Morgan fingerprint density at radius 1 is 1.59 bits per heavy atom. The van der Waals surface area contributed by atoms with Gasteiger partial charge in [-0.25, -0.2) is 0 Å². The minimum Gasteiger partial charge on any atom is -0.468 e. The van der Waals surface area contributed by atoms with Crippen LogP contribution in [0.15, 0.2) is 24.4 Å². The fourth-order valence-electron chi connectivity index (χ4n) is 1.84. The summed E-state index contributed by atoms with van der Waals surface area (Å²) in [7, 11) is 1.32. The summed E-state index contributed by atoms with van der Waals surface area (Å²) in [5, 5.41) is 1.56.